The van der Waals surface area contributed by atoms with E-state index in [1.54, 1.807) is 0 Å². The van der Waals surface area contributed by atoms with Crippen LogP contribution in [0.2, 0.25) is 0 Å². The van der Waals surface area contributed by atoms with Gasteiger partial charge in [-0.05, 0) is 46.1 Å². The molecule has 1 heterocycles. The SMILES string of the molecule is CCNC1CCCc2nc(N(C)C(C)(C)CC)sc21. The first-order valence-electron chi connectivity index (χ1n) is 7.46. The van der Waals surface area contributed by atoms with Crippen LogP contribution in [0.5, 0.6) is 0 Å². The van der Waals surface area contributed by atoms with Crippen LogP contribution in [0, 0.1) is 0 Å². The molecule has 0 saturated carbocycles. The maximum atomic E-state index is 4.90. The lowest BCUT2D eigenvalue weighted by Crippen LogP contribution is -2.40. The fraction of sp³-hybridized carbons (Fsp3) is 0.800. The van der Waals surface area contributed by atoms with Gasteiger partial charge in [-0.2, -0.15) is 0 Å². The molecule has 0 aliphatic heterocycles. The summed E-state index contributed by atoms with van der Waals surface area (Å²) < 4.78 is 0. The third-order valence-corrected chi connectivity index (χ3v) is 5.74. The number of aryl methyl sites for hydroxylation is 1. The number of nitrogens with one attached hydrogen (secondary N) is 1. The minimum absolute atomic E-state index is 0.175. The van der Waals surface area contributed by atoms with Gasteiger partial charge in [0, 0.05) is 23.5 Å². The number of fused-ring (bicyclic) bond motifs is 1. The standard InChI is InChI=1S/C15H27N3S/c1-6-15(3,4)18(5)14-17-12-10-8-9-11(16-7-2)13(12)19-14/h11,16H,6-10H2,1-5H3. The van der Waals surface area contributed by atoms with E-state index in [9.17, 15) is 0 Å². The molecule has 0 spiro atoms. The van der Waals surface area contributed by atoms with E-state index in [2.05, 4.69) is 45.0 Å². The van der Waals surface area contributed by atoms with E-state index in [1.165, 1.54) is 28.5 Å². The lowest BCUT2D eigenvalue weighted by atomic mass is 9.98. The molecule has 0 saturated heterocycles. The van der Waals surface area contributed by atoms with Gasteiger partial charge in [0.2, 0.25) is 0 Å². The van der Waals surface area contributed by atoms with Crippen molar-refractivity contribution >= 4 is 16.5 Å². The number of aromatic nitrogens is 1. The second kappa shape index (κ2) is 5.80. The molecule has 0 bridgehead atoms. The zero-order chi connectivity index (χ0) is 14.0. The molecule has 1 aromatic heterocycles. The van der Waals surface area contributed by atoms with Crippen LogP contribution in [0.15, 0.2) is 0 Å². The Bertz CT molecular complexity index is 425. The van der Waals surface area contributed by atoms with Crippen LogP contribution < -0.4 is 10.2 Å². The minimum Gasteiger partial charge on any atom is -0.346 e. The lowest BCUT2D eigenvalue weighted by molar-refractivity contribution is 0.467. The van der Waals surface area contributed by atoms with Crippen molar-refractivity contribution in [2.45, 2.75) is 65.0 Å². The second-order valence-corrected chi connectivity index (χ2v) is 7.04. The summed E-state index contributed by atoms with van der Waals surface area (Å²) in [6.07, 6.45) is 4.79. The van der Waals surface area contributed by atoms with E-state index in [0.29, 0.717) is 6.04 Å². The summed E-state index contributed by atoms with van der Waals surface area (Å²) in [5, 5.41) is 4.78. The van der Waals surface area contributed by atoms with Crippen molar-refractivity contribution in [1.29, 1.82) is 0 Å². The van der Waals surface area contributed by atoms with E-state index in [0.717, 1.165) is 19.4 Å². The summed E-state index contributed by atoms with van der Waals surface area (Å²) in [5.74, 6) is 0. The molecule has 1 unspecified atom stereocenters. The van der Waals surface area contributed by atoms with Crippen molar-refractivity contribution < 1.29 is 0 Å². The monoisotopic (exact) mass is 281 g/mol. The number of thiazole rings is 1. The molecule has 3 nitrogen and oxygen atoms in total. The zero-order valence-corrected chi connectivity index (χ0v) is 13.7. The first kappa shape index (κ1) is 14.8. The Morgan fingerprint density at radius 3 is 2.79 bits per heavy atom. The summed E-state index contributed by atoms with van der Waals surface area (Å²) in [5.41, 5.74) is 1.50. The molecule has 1 aromatic rings. The van der Waals surface area contributed by atoms with Gasteiger partial charge in [-0.25, -0.2) is 4.98 Å². The Morgan fingerprint density at radius 1 is 1.42 bits per heavy atom. The Balaban J connectivity index is 2.26. The highest BCUT2D eigenvalue weighted by Gasteiger charge is 2.28. The van der Waals surface area contributed by atoms with Crippen molar-refractivity contribution in [3.05, 3.63) is 10.6 Å². The molecule has 1 aliphatic rings. The van der Waals surface area contributed by atoms with Crippen molar-refractivity contribution in [2.24, 2.45) is 0 Å². The molecule has 1 atom stereocenters. The fourth-order valence-corrected chi connectivity index (χ4v) is 3.83. The summed E-state index contributed by atoms with van der Waals surface area (Å²) in [6.45, 7) is 10.0. The highest BCUT2D eigenvalue weighted by Crippen LogP contribution is 2.39. The van der Waals surface area contributed by atoms with Crippen molar-refractivity contribution in [1.82, 2.24) is 10.3 Å². The van der Waals surface area contributed by atoms with Gasteiger partial charge in [-0.15, -0.1) is 0 Å². The largest absolute Gasteiger partial charge is 0.346 e. The number of anilines is 1. The van der Waals surface area contributed by atoms with Gasteiger partial charge in [-0.3, -0.25) is 0 Å². The van der Waals surface area contributed by atoms with Gasteiger partial charge >= 0.3 is 0 Å². The van der Waals surface area contributed by atoms with E-state index in [4.69, 9.17) is 4.98 Å². The van der Waals surface area contributed by atoms with Gasteiger partial charge < -0.3 is 10.2 Å². The average Bonchev–Trinajstić information content (AvgIpc) is 2.83. The molecule has 0 fully saturated rings. The lowest BCUT2D eigenvalue weighted by Gasteiger charge is -2.34. The van der Waals surface area contributed by atoms with Crippen LogP contribution in [-0.4, -0.2) is 24.1 Å². The van der Waals surface area contributed by atoms with Crippen molar-refractivity contribution in [3.8, 4) is 0 Å². The van der Waals surface area contributed by atoms with Crippen LogP contribution in [-0.2, 0) is 6.42 Å². The summed E-state index contributed by atoms with van der Waals surface area (Å²) >= 11 is 1.89. The molecule has 19 heavy (non-hydrogen) atoms. The van der Waals surface area contributed by atoms with E-state index < -0.39 is 0 Å². The molecule has 108 valence electrons. The van der Waals surface area contributed by atoms with Crippen LogP contribution in [0.1, 0.15) is 63.6 Å². The van der Waals surface area contributed by atoms with Gasteiger partial charge in [0.25, 0.3) is 0 Å². The third-order valence-electron chi connectivity index (χ3n) is 4.45. The first-order chi connectivity index (χ1) is 8.99. The number of nitrogens with zero attached hydrogens (tertiary/aromatic N) is 2. The smallest absolute Gasteiger partial charge is 0.186 e. The summed E-state index contributed by atoms with van der Waals surface area (Å²) in [7, 11) is 2.18. The summed E-state index contributed by atoms with van der Waals surface area (Å²) in [4.78, 5) is 8.72. The first-order valence-corrected chi connectivity index (χ1v) is 8.28. The average molecular weight is 281 g/mol. The van der Waals surface area contributed by atoms with Crippen LogP contribution in [0.4, 0.5) is 5.13 Å². The van der Waals surface area contributed by atoms with Gasteiger partial charge in [-0.1, -0.05) is 25.2 Å². The third kappa shape index (κ3) is 2.95. The molecular weight excluding hydrogens is 254 g/mol. The Labute approximate surface area is 121 Å². The van der Waals surface area contributed by atoms with E-state index in [-0.39, 0.29) is 5.54 Å². The maximum absolute atomic E-state index is 4.90. The molecule has 4 heteroatoms. The normalized spacial score (nSPS) is 19.3. The van der Waals surface area contributed by atoms with Crippen molar-refractivity contribution in [2.75, 3.05) is 18.5 Å². The highest BCUT2D eigenvalue weighted by molar-refractivity contribution is 7.15. The highest BCUT2D eigenvalue weighted by atomic mass is 32.1. The summed E-state index contributed by atoms with van der Waals surface area (Å²) in [6, 6.07) is 0.526. The topological polar surface area (TPSA) is 28.2 Å². The Kier molecular flexibility index (Phi) is 4.51. The van der Waals surface area contributed by atoms with E-state index in [1.807, 2.05) is 11.3 Å². The van der Waals surface area contributed by atoms with Gasteiger partial charge in [0.05, 0.1) is 5.69 Å². The number of hydrogen-bond acceptors (Lipinski definition) is 4. The van der Waals surface area contributed by atoms with Crippen LogP contribution in [0.25, 0.3) is 0 Å². The molecule has 2 rings (SSSR count). The molecule has 0 radical (unpaired) electrons. The molecule has 0 aromatic carbocycles. The van der Waals surface area contributed by atoms with Crippen molar-refractivity contribution in [3.63, 3.8) is 0 Å². The predicted molar refractivity (Wildman–Crippen MR) is 84.2 cm³/mol. The quantitative estimate of drug-likeness (QED) is 0.891. The predicted octanol–water partition coefficient (Wildman–Crippen LogP) is 3.75. The fourth-order valence-electron chi connectivity index (χ4n) is 2.49. The second-order valence-electron chi connectivity index (χ2n) is 6.03. The van der Waals surface area contributed by atoms with E-state index >= 15 is 0 Å². The Hall–Kier alpha value is -0.610. The van der Waals surface area contributed by atoms with Crippen LogP contribution in [0.3, 0.4) is 0 Å². The number of rotatable bonds is 5. The Morgan fingerprint density at radius 2 is 2.16 bits per heavy atom. The van der Waals surface area contributed by atoms with Crippen LogP contribution >= 0.6 is 11.3 Å². The maximum Gasteiger partial charge on any atom is 0.186 e. The van der Waals surface area contributed by atoms with Gasteiger partial charge in [0.1, 0.15) is 0 Å². The van der Waals surface area contributed by atoms with Gasteiger partial charge in [0.15, 0.2) is 5.13 Å². The molecular formula is C15H27N3S. The molecule has 1 aliphatic carbocycles. The zero-order valence-electron chi connectivity index (χ0n) is 12.9. The minimum atomic E-state index is 0.175. The molecule has 1 N–H and O–H groups in total. The number of hydrogen-bond donors (Lipinski definition) is 1. The molecule has 0 amide bonds.